The maximum absolute atomic E-state index is 13.2. The fourth-order valence-corrected chi connectivity index (χ4v) is 5.38. The van der Waals surface area contributed by atoms with E-state index < -0.39 is 10.0 Å². The monoisotopic (exact) mass is 445 g/mol. The molecule has 0 aromatic heterocycles. The second kappa shape index (κ2) is 9.28. The number of carbonyl (C=O) groups is 1. The molecule has 0 saturated carbocycles. The summed E-state index contributed by atoms with van der Waals surface area (Å²) in [7, 11) is 1.71. The van der Waals surface area contributed by atoms with Crippen molar-refractivity contribution >= 4 is 21.6 Å². The van der Waals surface area contributed by atoms with Crippen LogP contribution in [0.1, 0.15) is 34.3 Å². The third kappa shape index (κ3) is 5.02. The second-order valence-corrected chi connectivity index (χ2v) is 10.1. The Hall–Kier alpha value is -2.58. The molecule has 0 atom stereocenters. The van der Waals surface area contributed by atoms with Crippen LogP contribution in [0.25, 0.3) is 0 Å². The van der Waals surface area contributed by atoms with Crippen molar-refractivity contribution in [1.29, 1.82) is 0 Å². The normalized spacial score (nSPS) is 15.5. The van der Waals surface area contributed by atoms with Crippen LogP contribution in [0.4, 0.5) is 5.69 Å². The summed E-state index contributed by atoms with van der Waals surface area (Å²) in [5.41, 5.74) is 3.51. The zero-order valence-electron chi connectivity index (χ0n) is 18.8. The molecular weight excluding hydrogens is 414 g/mol. The van der Waals surface area contributed by atoms with Crippen molar-refractivity contribution in [2.45, 2.75) is 37.6 Å². The summed E-state index contributed by atoms with van der Waals surface area (Å²) in [5, 5.41) is 3.04. The largest absolute Gasteiger partial charge is 0.495 e. The Kier molecular flexibility index (Phi) is 6.91. The molecule has 1 aliphatic rings. The number of methoxy groups -OCH3 is 1. The van der Waals surface area contributed by atoms with Gasteiger partial charge >= 0.3 is 0 Å². The Morgan fingerprint density at radius 1 is 1.06 bits per heavy atom. The fourth-order valence-electron chi connectivity index (χ4n) is 3.68. The van der Waals surface area contributed by atoms with E-state index in [0.717, 1.165) is 16.8 Å². The Morgan fingerprint density at radius 3 is 2.19 bits per heavy atom. The summed E-state index contributed by atoms with van der Waals surface area (Å²) in [6, 6.07) is 10.8. The molecule has 0 radical (unpaired) electrons. The minimum Gasteiger partial charge on any atom is -0.495 e. The van der Waals surface area contributed by atoms with E-state index in [4.69, 9.17) is 4.74 Å². The number of amides is 1. The average molecular weight is 446 g/mol. The smallest absolute Gasteiger partial charge is 0.251 e. The lowest BCUT2D eigenvalue weighted by Gasteiger charge is -2.32. The second-order valence-electron chi connectivity index (χ2n) is 8.18. The molecule has 1 N–H and O–H groups in total. The molecule has 3 rings (SSSR count). The van der Waals surface area contributed by atoms with E-state index in [2.05, 4.69) is 5.32 Å². The molecule has 8 heteroatoms. The molecular formula is C23H31N3O4S. The quantitative estimate of drug-likeness (QED) is 0.740. The van der Waals surface area contributed by atoms with Gasteiger partial charge in [-0.15, -0.1) is 0 Å². The summed E-state index contributed by atoms with van der Waals surface area (Å²) in [5.74, 6) is 0.224. The molecule has 1 fully saturated rings. The highest BCUT2D eigenvalue weighted by atomic mass is 32.2. The predicted octanol–water partition coefficient (Wildman–Crippen LogP) is 2.96. The highest BCUT2D eigenvalue weighted by Gasteiger charge is 2.32. The minimum atomic E-state index is -3.67. The van der Waals surface area contributed by atoms with Gasteiger partial charge in [0.05, 0.1) is 7.11 Å². The molecule has 0 bridgehead atoms. The Bertz CT molecular complexity index is 1040. The first kappa shape index (κ1) is 23.1. The van der Waals surface area contributed by atoms with Gasteiger partial charge in [0.2, 0.25) is 10.0 Å². The lowest BCUT2D eigenvalue weighted by Crippen LogP contribution is -2.46. The lowest BCUT2D eigenvalue weighted by molar-refractivity contribution is 0.0924. The van der Waals surface area contributed by atoms with Gasteiger partial charge in [0.1, 0.15) is 10.6 Å². The summed E-state index contributed by atoms with van der Waals surface area (Å²) in [6.07, 6.45) is 1.13. The predicted molar refractivity (Wildman–Crippen MR) is 122 cm³/mol. The fraction of sp³-hybridized carbons (Fsp3) is 0.435. The number of carbonyl (C=O) groups excluding carboxylic acids is 1. The van der Waals surface area contributed by atoms with Gasteiger partial charge in [0.15, 0.2) is 0 Å². The highest BCUT2D eigenvalue weighted by Crippen LogP contribution is 2.31. The van der Waals surface area contributed by atoms with Gasteiger partial charge in [-0.05, 0) is 74.2 Å². The molecule has 2 aromatic carbocycles. The van der Waals surface area contributed by atoms with Crippen molar-refractivity contribution in [2.75, 3.05) is 39.2 Å². The zero-order chi connectivity index (χ0) is 22.8. The number of rotatable bonds is 6. The molecule has 1 heterocycles. The molecule has 168 valence electrons. The van der Waals surface area contributed by atoms with E-state index in [-0.39, 0.29) is 16.8 Å². The number of benzene rings is 2. The van der Waals surface area contributed by atoms with Gasteiger partial charge in [-0.25, -0.2) is 8.42 Å². The van der Waals surface area contributed by atoms with Crippen LogP contribution in [-0.4, -0.2) is 59.0 Å². The summed E-state index contributed by atoms with van der Waals surface area (Å²) < 4.78 is 33.3. The van der Waals surface area contributed by atoms with Crippen LogP contribution in [0.2, 0.25) is 0 Å². The van der Waals surface area contributed by atoms with Crippen molar-refractivity contribution in [3.05, 3.63) is 53.1 Å². The van der Waals surface area contributed by atoms with Gasteiger partial charge in [0.25, 0.3) is 5.91 Å². The topological polar surface area (TPSA) is 79.0 Å². The van der Waals surface area contributed by atoms with Crippen molar-refractivity contribution in [2.24, 2.45) is 0 Å². The number of sulfonamides is 1. The summed E-state index contributed by atoms with van der Waals surface area (Å²) in [6.45, 7) is 4.52. The van der Waals surface area contributed by atoms with Crippen molar-refractivity contribution in [3.63, 3.8) is 0 Å². The number of ether oxygens (including phenoxy) is 1. The van der Waals surface area contributed by atoms with Gasteiger partial charge in [-0.2, -0.15) is 4.31 Å². The van der Waals surface area contributed by atoms with E-state index in [1.165, 1.54) is 11.4 Å². The van der Waals surface area contributed by atoms with E-state index in [1.807, 2.05) is 45.0 Å². The first-order valence-corrected chi connectivity index (χ1v) is 11.8. The van der Waals surface area contributed by atoms with E-state index in [1.54, 1.807) is 24.3 Å². The van der Waals surface area contributed by atoms with Crippen LogP contribution in [0.5, 0.6) is 5.75 Å². The van der Waals surface area contributed by atoms with E-state index >= 15 is 0 Å². The van der Waals surface area contributed by atoms with Crippen LogP contribution in [0.15, 0.2) is 41.3 Å². The molecule has 1 saturated heterocycles. The van der Waals surface area contributed by atoms with Crippen LogP contribution in [-0.2, 0) is 10.0 Å². The molecule has 31 heavy (non-hydrogen) atoms. The average Bonchev–Trinajstić information content (AvgIpc) is 2.75. The number of piperidine rings is 1. The van der Waals surface area contributed by atoms with Crippen LogP contribution in [0, 0.1) is 13.8 Å². The summed E-state index contributed by atoms with van der Waals surface area (Å²) in [4.78, 5) is 14.7. The van der Waals surface area contributed by atoms with Crippen LogP contribution >= 0.6 is 0 Å². The molecule has 0 unspecified atom stereocenters. The Balaban J connectivity index is 1.65. The first-order chi connectivity index (χ1) is 14.6. The summed E-state index contributed by atoms with van der Waals surface area (Å²) >= 11 is 0. The first-order valence-electron chi connectivity index (χ1n) is 10.4. The SMILES string of the molecule is COc1cc(C)c(C)cc1S(=O)(=O)N1CCC(NC(=O)c2ccc(N(C)C)cc2)CC1. The third-order valence-electron chi connectivity index (χ3n) is 5.83. The molecule has 2 aromatic rings. The molecule has 7 nitrogen and oxygen atoms in total. The van der Waals surface area contributed by atoms with E-state index in [0.29, 0.717) is 37.2 Å². The number of nitrogens with one attached hydrogen (secondary N) is 1. The number of aryl methyl sites for hydroxylation is 2. The minimum absolute atomic E-state index is 0.0610. The van der Waals surface area contributed by atoms with Crippen LogP contribution in [0.3, 0.4) is 0 Å². The van der Waals surface area contributed by atoms with Crippen molar-refractivity contribution in [3.8, 4) is 5.75 Å². The van der Waals surface area contributed by atoms with Gasteiger partial charge in [-0.1, -0.05) is 0 Å². The molecule has 0 aliphatic carbocycles. The van der Waals surface area contributed by atoms with Gasteiger partial charge in [-0.3, -0.25) is 4.79 Å². The van der Waals surface area contributed by atoms with Crippen molar-refractivity contribution < 1.29 is 17.9 Å². The van der Waals surface area contributed by atoms with E-state index in [9.17, 15) is 13.2 Å². The van der Waals surface area contributed by atoms with Gasteiger partial charge in [0, 0.05) is 44.5 Å². The van der Waals surface area contributed by atoms with Gasteiger partial charge < -0.3 is 15.0 Å². The van der Waals surface area contributed by atoms with Crippen LogP contribution < -0.4 is 15.0 Å². The maximum atomic E-state index is 13.2. The third-order valence-corrected chi connectivity index (χ3v) is 7.75. The zero-order valence-corrected chi connectivity index (χ0v) is 19.6. The van der Waals surface area contributed by atoms with Crippen molar-refractivity contribution in [1.82, 2.24) is 9.62 Å². The number of hydrogen-bond donors (Lipinski definition) is 1. The molecule has 0 spiro atoms. The lowest BCUT2D eigenvalue weighted by atomic mass is 10.1. The molecule has 1 amide bonds. The number of anilines is 1. The highest BCUT2D eigenvalue weighted by molar-refractivity contribution is 7.89. The molecule has 1 aliphatic heterocycles. The number of nitrogens with zero attached hydrogens (tertiary/aromatic N) is 2. The standard InChI is InChI=1S/C23H31N3O4S/c1-16-14-21(30-5)22(15-17(16)2)31(28,29)26-12-10-19(11-13-26)24-23(27)18-6-8-20(9-7-18)25(3)4/h6-9,14-15,19H,10-13H2,1-5H3,(H,24,27). The Labute approximate surface area is 185 Å². The Morgan fingerprint density at radius 2 is 1.65 bits per heavy atom. The number of hydrogen-bond acceptors (Lipinski definition) is 5. The maximum Gasteiger partial charge on any atom is 0.251 e.